The maximum absolute atomic E-state index is 15.5. The van der Waals surface area contributed by atoms with Crippen LogP contribution in [0.1, 0.15) is 35.6 Å². The first-order chi connectivity index (χ1) is 16.0. The van der Waals surface area contributed by atoms with Crippen LogP contribution < -0.4 is 16.0 Å². The van der Waals surface area contributed by atoms with Crippen LogP contribution in [0.15, 0.2) is 53.4 Å². The Labute approximate surface area is 196 Å². The second-order valence-electron chi connectivity index (χ2n) is 8.76. The Morgan fingerprint density at radius 1 is 1.06 bits per heavy atom. The zero-order chi connectivity index (χ0) is 24.5. The number of likely N-dealkylation sites (tertiary alicyclic amines) is 1. The van der Waals surface area contributed by atoms with Crippen LogP contribution in [-0.2, 0) is 22.6 Å². The highest BCUT2D eigenvalue weighted by molar-refractivity contribution is 7.90. The van der Waals surface area contributed by atoms with Crippen LogP contribution >= 0.6 is 0 Å². The molecule has 2 saturated heterocycles. The van der Waals surface area contributed by atoms with Crippen LogP contribution in [-0.4, -0.2) is 51.3 Å². The molecule has 2 aliphatic heterocycles. The minimum absolute atomic E-state index is 0.166. The number of alkyl halides is 4. The van der Waals surface area contributed by atoms with Crippen molar-refractivity contribution in [3.63, 3.8) is 0 Å². The number of halogens is 4. The molecule has 0 spiro atoms. The maximum atomic E-state index is 15.5. The Morgan fingerprint density at radius 2 is 1.74 bits per heavy atom. The standard InChI is InChI=1S/C23H28F4N4O2S/c1-34(32,33)18-10-4-15(5-11-18)13-28-21-20(24)22(30-14-29-21)31-12-2-3-19(31)16-6-8-17(9-7-16)23(25,26)27/h4-11,19-22,28-30H,2-3,12-14H2,1H3/t19-,20?,21?,22?/m1/s1. The number of nitrogens with one attached hydrogen (secondary N) is 3. The van der Waals surface area contributed by atoms with Crippen molar-refractivity contribution in [2.75, 3.05) is 19.5 Å². The van der Waals surface area contributed by atoms with E-state index in [4.69, 9.17) is 0 Å². The summed E-state index contributed by atoms with van der Waals surface area (Å²) in [5.41, 5.74) is 0.867. The third kappa shape index (κ3) is 5.60. The molecule has 0 aromatic heterocycles. The van der Waals surface area contributed by atoms with E-state index in [9.17, 15) is 21.6 Å². The smallest absolute Gasteiger partial charge is 0.295 e. The number of rotatable bonds is 6. The van der Waals surface area contributed by atoms with E-state index in [1.165, 1.54) is 24.3 Å². The summed E-state index contributed by atoms with van der Waals surface area (Å²) in [5.74, 6) is 0. The van der Waals surface area contributed by atoms with Gasteiger partial charge >= 0.3 is 6.18 Å². The molecule has 0 aliphatic carbocycles. The molecule has 186 valence electrons. The third-order valence-corrected chi connectivity index (χ3v) is 7.53. The first-order valence-electron chi connectivity index (χ1n) is 11.1. The number of benzene rings is 2. The van der Waals surface area contributed by atoms with Gasteiger partial charge in [0, 0.05) is 32.1 Å². The lowest BCUT2D eigenvalue weighted by atomic mass is 10.0. The monoisotopic (exact) mass is 500 g/mol. The van der Waals surface area contributed by atoms with E-state index in [-0.39, 0.29) is 10.9 Å². The maximum Gasteiger partial charge on any atom is 0.416 e. The van der Waals surface area contributed by atoms with Crippen molar-refractivity contribution in [2.45, 2.75) is 55.0 Å². The van der Waals surface area contributed by atoms with Crippen molar-refractivity contribution in [1.29, 1.82) is 0 Å². The predicted molar refractivity (Wildman–Crippen MR) is 120 cm³/mol. The van der Waals surface area contributed by atoms with Crippen LogP contribution in [0.4, 0.5) is 17.6 Å². The molecule has 4 atom stereocenters. The summed E-state index contributed by atoms with van der Waals surface area (Å²) in [7, 11) is -3.28. The fraction of sp³-hybridized carbons (Fsp3) is 0.478. The van der Waals surface area contributed by atoms with Gasteiger partial charge < -0.3 is 0 Å². The van der Waals surface area contributed by atoms with Crippen LogP contribution in [0.25, 0.3) is 0 Å². The Balaban J connectivity index is 1.41. The minimum atomic E-state index is -4.39. The summed E-state index contributed by atoms with van der Waals surface area (Å²) >= 11 is 0. The van der Waals surface area contributed by atoms with E-state index in [0.29, 0.717) is 19.8 Å². The number of hydrogen-bond acceptors (Lipinski definition) is 6. The lowest BCUT2D eigenvalue weighted by Gasteiger charge is -2.42. The molecule has 2 aromatic carbocycles. The number of hydrogen-bond donors (Lipinski definition) is 3. The van der Waals surface area contributed by atoms with E-state index in [2.05, 4.69) is 16.0 Å². The first kappa shape index (κ1) is 25.1. The van der Waals surface area contributed by atoms with Crippen LogP contribution in [0, 0.1) is 0 Å². The van der Waals surface area contributed by atoms with Gasteiger partial charge in [-0.1, -0.05) is 24.3 Å². The summed E-state index contributed by atoms with van der Waals surface area (Å²) < 4.78 is 77.5. The molecule has 3 unspecified atom stereocenters. The van der Waals surface area contributed by atoms with Gasteiger partial charge in [0.25, 0.3) is 0 Å². The Bertz CT molecular complexity index is 1080. The lowest BCUT2D eigenvalue weighted by molar-refractivity contribution is -0.137. The highest BCUT2D eigenvalue weighted by atomic mass is 32.2. The molecule has 6 nitrogen and oxygen atoms in total. The van der Waals surface area contributed by atoms with Gasteiger partial charge in [-0.3, -0.25) is 20.9 Å². The highest BCUT2D eigenvalue weighted by Gasteiger charge is 2.41. The molecule has 3 N–H and O–H groups in total. The molecule has 2 aromatic rings. The van der Waals surface area contributed by atoms with Crippen LogP contribution in [0.3, 0.4) is 0 Å². The molecule has 0 radical (unpaired) electrons. The molecule has 0 saturated carbocycles. The van der Waals surface area contributed by atoms with Gasteiger partial charge in [-0.05, 0) is 48.2 Å². The molecule has 2 heterocycles. The third-order valence-electron chi connectivity index (χ3n) is 6.41. The van der Waals surface area contributed by atoms with Gasteiger partial charge in [-0.2, -0.15) is 13.2 Å². The number of nitrogens with zero attached hydrogens (tertiary/aromatic N) is 1. The normalized spacial score (nSPS) is 26.6. The highest BCUT2D eigenvalue weighted by Crippen LogP contribution is 2.36. The largest absolute Gasteiger partial charge is 0.416 e. The van der Waals surface area contributed by atoms with E-state index < -0.39 is 40.1 Å². The summed E-state index contributed by atoms with van der Waals surface area (Å²) in [6, 6.07) is 11.4. The molecule has 0 bridgehead atoms. The topological polar surface area (TPSA) is 73.5 Å². The summed E-state index contributed by atoms with van der Waals surface area (Å²) in [5, 5.41) is 9.36. The predicted octanol–water partition coefficient (Wildman–Crippen LogP) is 3.18. The van der Waals surface area contributed by atoms with Gasteiger partial charge in [0.05, 0.1) is 22.8 Å². The van der Waals surface area contributed by atoms with Crippen molar-refractivity contribution < 1.29 is 26.0 Å². The lowest BCUT2D eigenvalue weighted by Crippen LogP contribution is -2.68. The molecule has 0 amide bonds. The fourth-order valence-corrected chi connectivity index (χ4v) is 5.25. The molecule has 2 aliphatic rings. The van der Waals surface area contributed by atoms with E-state index in [0.717, 1.165) is 42.4 Å². The molecular weight excluding hydrogens is 472 g/mol. The van der Waals surface area contributed by atoms with Gasteiger partial charge in [-0.25, -0.2) is 12.8 Å². The molecule has 2 fully saturated rings. The van der Waals surface area contributed by atoms with Crippen molar-refractivity contribution >= 4 is 9.84 Å². The zero-order valence-corrected chi connectivity index (χ0v) is 19.5. The molecule has 34 heavy (non-hydrogen) atoms. The Morgan fingerprint density at radius 3 is 2.35 bits per heavy atom. The number of sulfone groups is 1. The van der Waals surface area contributed by atoms with Gasteiger partial charge in [0.2, 0.25) is 0 Å². The van der Waals surface area contributed by atoms with Crippen LogP contribution in [0.2, 0.25) is 0 Å². The van der Waals surface area contributed by atoms with Crippen molar-refractivity contribution in [2.24, 2.45) is 0 Å². The van der Waals surface area contributed by atoms with Gasteiger partial charge in [-0.15, -0.1) is 0 Å². The van der Waals surface area contributed by atoms with E-state index in [1.807, 2.05) is 4.90 Å². The fourth-order valence-electron chi connectivity index (χ4n) is 4.62. The SMILES string of the molecule is CS(=O)(=O)c1ccc(CNC2NCNC(N3CCC[C@@H]3c3ccc(C(F)(F)F)cc3)C2F)cc1. The van der Waals surface area contributed by atoms with E-state index in [1.54, 1.807) is 12.1 Å². The van der Waals surface area contributed by atoms with Crippen LogP contribution in [0.5, 0.6) is 0 Å². The average molecular weight is 501 g/mol. The Hall–Kier alpha value is -2.05. The van der Waals surface area contributed by atoms with Gasteiger partial charge in [0.1, 0.15) is 0 Å². The quantitative estimate of drug-likeness (QED) is 0.530. The van der Waals surface area contributed by atoms with Crippen molar-refractivity contribution in [1.82, 2.24) is 20.9 Å². The minimum Gasteiger partial charge on any atom is -0.295 e. The van der Waals surface area contributed by atoms with E-state index >= 15 is 4.39 Å². The molecule has 4 rings (SSSR count). The first-order valence-corrected chi connectivity index (χ1v) is 13.0. The summed E-state index contributed by atoms with van der Waals surface area (Å²) in [6.45, 7) is 1.35. The van der Waals surface area contributed by atoms with Crippen molar-refractivity contribution in [3.05, 3.63) is 65.2 Å². The Kier molecular flexibility index (Phi) is 7.30. The van der Waals surface area contributed by atoms with Gasteiger partial charge in [0.15, 0.2) is 16.0 Å². The zero-order valence-electron chi connectivity index (χ0n) is 18.6. The summed E-state index contributed by atoms with van der Waals surface area (Å²) in [6.07, 6.45) is -4.24. The second kappa shape index (κ2) is 9.90. The molecule has 11 heteroatoms. The van der Waals surface area contributed by atoms with Crippen molar-refractivity contribution in [3.8, 4) is 0 Å². The second-order valence-corrected chi connectivity index (χ2v) is 10.8. The molecular formula is C23H28F4N4O2S. The average Bonchev–Trinajstić information content (AvgIpc) is 3.27. The summed E-state index contributed by atoms with van der Waals surface area (Å²) in [4.78, 5) is 2.21.